The molecule has 3 aromatic heterocycles. The lowest BCUT2D eigenvalue weighted by Gasteiger charge is -2.34. The number of piperidine rings is 1. The van der Waals surface area contributed by atoms with Crippen molar-refractivity contribution in [2.24, 2.45) is 7.05 Å². The maximum absolute atomic E-state index is 12.5. The number of hydrogen-bond donors (Lipinski definition) is 1. The molecule has 32 heavy (non-hydrogen) atoms. The molecule has 1 fully saturated rings. The zero-order valence-electron chi connectivity index (χ0n) is 19.7. The van der Waals surface area contributed by atoms with Crippen molar-refractivity contribution in [1.82, 2.24) is 34.2 Å². The number of aromatic nitrogens is 6. The van der Waals surface area contributed by atoms with Gasteiger partial charge in [0.2, 0.25) is 0 Å². The molecule has 1 amide bonds. The van der Waals surface area contributed by atoms with Gasteiger partial charge in [-0.15, -0.1) is 0 Å². The number of ether oxygens (including phenoxy) is 1. The molecule has 0 aliphatic carbocycles. The average Bonchev–Trinajstić information content (AvgIpc) is 3.27. The third kappa shape index (κ3) is 4.26. The lowest BCUT2D eigenvalue weighted by Crippen LogP contribution is -2.47. The van der Waals surface area contributed by atoms with Crippen LogP contribution in [0.1, 0.15) is 46.2 Å². The largest absolute Gasteiger partial charge is 0.444 e. The van der Waals surface area contributed by atoms with Crippen LogP contribution in [0.3, 0.4) is 0 Å². The molecule has 0 aromatic carbocycles. The van der Waals surface area contributed by atoms with Gasteiger partial charge in [0.1, 0.15) is 17.8 Å². The zero-order valence-corrected chi connectivity index (χ0v) is 19.7. The van der Waals surface area contributed by atoms with Crippen LogP contribution in [-0.4, -0.2) is 65.0 Å². The molecule has 4 rings (SSSR count). The van der Waals surface area contributed by atoms with Crippen molar-refractivity contribution in [3.05, 3.63) is 18.2 Å². The summed E-state index contributed by atoms with van der Waals surface area (Å²) in [5.41, 5.74) is 2.99. The number of nitrogens with zero attached hydrogens (tertiary/aromatic N) is 7. The molecule has 10 nitrogen and oxygen atoms in total. The van der Waals surface area contributed by atoms with E-state index in [2.05, 4.69) is 27.3 Å². The second-order valence-electron chi connectivity index (χ2n) is 9.26. The number of imidazole rings is 1. The highest BCUT2D eigenvalue weighted by Crippen LogP contribution is 2.28. The molecule has 3 aromatic rings. The fourth-order valence-corrected chi connectivity index (χ4v) is 4.11. The summed E-state index contributed by atoms with van der Waals surface area (Å²) in [7, 11) is 1.95. The van der Waals surface area contributed by atoms with Gasteiger partial charge < -0.3 is 19.5 Å². The maximum Gasteiger partial charge on any atom is 0.410 e. The molecule has 0 radical (unpaired) electrons. The van der Waals surface area contributed by atoms with Gasteiger partial charge in [0, 0.05) is 38.4 Å². The van der Waals surface area contributed by atoms with Crippen LogP contribution in [0, 0.1) is 6.92 Å². The summed E-state index contributed by atoms with van der Waals surface area (Å²) in [5.74, 6) is 1.48. The van der Waals surface area contributed by atoms with E-state index in [1.165, 1.54) is 0 Å². The first-order chi connectivity index (χ1) is 15.2. The molecular weight excluding hydrogens is 408 g/mol. The second kappa shape index (κ2) is 8.40. The van der Waals surface area contributed by atoms with Crippen molar-refractivity contribution in [2.75, 3.05) is 18.4 Å². The van der Waals surface area contributed by atoms with E-state index >= 15 is 0 Å². The first-order valence-corrected chi connectivity index (χ1v) is 11.1. The Morgan fingerprint density at radius 3 is 2.78 bits per heavy atom. The average molecular weight is 441 g/mol. The number of amides is 1. The number of likely N-dealkylation sites (tertiary alicyclic amines) is 1. The predicted molar refractivity (Wildman–Crippen MR) is 122 cm³/mol. The number of fused-ring (bicyclic) bond motifs is 1. The summed E-state index contributed by atoms with van der Waals surface area (Å²) >= 11 is 0. The standard InChI is InChI=1S/C22H32N8O2/c1-7-30-14(2)16(11-25-30)19-27-17-18(23-13-24-20(17)28(19)6)26-15-9-8-10-29(12-15)21(31)32-22(3,4)5/h11,13,15H,7-10,12H2,1-6H3,(H,23,24,26). The minimum absolute atomic E-state index is 0.0596. The Kier molecular flexibility index (Phi) is 5.79. The Labute approximate surface area is 188 Å². The Hall–Kier alpha value is -3.17. The molecule has 10 heteroatoms. The van der Waals surface area contributed by atoms with E-state index in [1.807, 2.05) is 50.2 Å². The lowest BCUT2D eigenvalue weighted by molar-refractivity contribution is 0.0206. The number of nitrogens with one attached hydrogen (secondary N) is 1. The van der Waals surface area contributed by atoms with Gasteiger partial charge >= 0.3 is 6.09 Å². The fraction of sp³-hybridized carbons (Fsp3) is 0.591. The Balaban J connectivity index is 1.58. The number of rotatable bonds is 4. The van der Waals surface area contributed by atoms with Gasteiger partial charge in [0.05, 0.1) is 11.8 Å². The topological polar surface area (TPSA) is 103 Å². The van der Waals surface area contributed by atoms with Crippen LogP contribution in [0.4, 0.5) is 10.6 Å². The van der Waals surface area contributed by atoms with Crippen LogP contribution in [0.2, 0.25) is 0 Å². The highest BCUT2D eigenvalue weighted by atomic mass is 16.6. The van der Waals surface area contributed by atoms with Gasteiger partial charge in [-0.1, -0.05) is 0 Å². The summed E-state index contributed by atoms with van der Waals surface area (Å²) in [5, 5.41) is 7.95. The van der Waals surface area contributed by atoms with Gasteiger partial charge in [-0.2, -0.15) is 5.10 Å². The van der Waals surface area contributed by atoms with E-state index in [0.717, 1.165) is 42.1 Å². The molecular formula is C22H32N8O2. The highest BCUT2D eigenvalue weighted by molar-refractivity contribution is 5.86. The van der Waals surface area contributed by atoms with E-state index in [9.17, 15) is 4.79 Å². The SMILES string of the molecule is CCn1ncc(-c2nc3c(NC4CCCN(C(=O)OC(C)(C)C)C4)ncnc3n2C)c1C. The minimum atomic E-state index is -0.510. The quantitative estimate of drug-likeness (QED) is 0.663. The van der Waals surface area contributed by atoms with Gasteiger partial charge in [-0.25, -0.2) is 19.7 Å². The Morgan fingerprint density at radius 1 is 1.31 bits per heavy atom. The first-order valence-electron chi connectivity index (χ1n) is 11.1. The highest BCUT2D eigenvalue weighted by Gasteiger charge is 2.28. The molecule has 0 bridgehead atoms. The van der Waals surface area contributed by atoms with Gasteiger partial charge in [-0.3, -0.25) is 4.68 Å². The van der Waals surface area contributed by atoms with E-state index in [0.29, 0.717) is 24.4 Å². The van der Waals surface area contributed by atoms with Crippen LogP contribution in [0.15, 0.2) is 12.5 Å². The number of carbonyl (C=O) groups excluding carboxylic acids is 1. The Morgan fingerprint density at radius 2 is 2.09 bits per heavy atom. The zero-order chi connectivity index (χ0) is 23.0. The summed E-state index contributed by atoms with van der Waals surface area (Å²) in [6.07, 6.45) is 4.95. The van der Waals surface area contributed by atoms with E-state index in [-0.39, 0.29) is 12.1 Å². The van der Waals surface area contributed by atoms with Crippen molar-refractivity contribution in [3.63, 3.8) is 0 Å². The van der Waals surface area contributed by atoms with E-state index < -0.39 is 5.60 Å². The molecule has 4 heterocycles. The van der Waals surface area contributed by atoms with Gasteiger partial charge in [-0.05, 0) is 47.5 Å². The number of aryl methyl sites for hydroxylation is 2. The summed E-state index contributed by atoms with van der Waals surface area (Å²) in [6, 6.07) is 0.0596. The Bertz CT molecular complexity index is 1130. The summed E-state index contributed by atoms with van der Waals surface area (Å²) in [4.78, 5) is 28.1. The van der Waals surface area contributed by atoms with E-state index in [4.69, 9.17) is 9.72 Å². The number of hydrogen-bond acceptors (Lipinski definition) is 7. The smallest absolute Gasteiger partial charge is 0.410 e. The van der Waals surface area contributed by atoms with Crippen LogP contribution in [0.25, 0.3) is 22.6 Å². The third-order valence-electron chi connectivity index (χ3n) is 5.71. The van der Waals surface area contributed by atoms with Crippen molar-refractivity contribution >= 4 is 23.1 Å². The van der Waals surface area contributed by atoms with Crippen molar-refractivity contribution in [2.45, 2.75) is 65.6 Å². The molecule has 1 aliphatic rings. The monoisotopic (exact) mass is 440 g/mol. The minimum Gasteiger partial charge on any atom is -0.444 e. The van der Waals surface area contributed by atoms with Crippen LogP contribution in [0.5, 0.6) is 0 Å². The van der Waals surface area contributed by atoms with Crippen molar-refractivity contribution in [1.29, 1.82) is 0 Å². The fourth-order valence-electron chi connectivity index (χ4n) is 4.11. The lowest BCUT2D eigenvalue weighted by atomic mass is 10.1. The second-order valence-corrected chi connectivity index (χ2v) is 9.26. The van der Waals surface area contributed by atoms with Gasteiger partial charge in [0.15, 0.2) is 17.0 Å². The molecule has 1 atom stereocenters. The van der Waals surface area contributed by atoms with Crippen LogP contribution in [-0.2, 0) is 18.3 Å². The predicted octanol–water partition coefficient (Wildman–Crippen LogP) is 3.37. The van der Waals surface area contributed by atoms with Crippen LogP contribution < -0.4 is 5.32 Å². The van der Waals surface area contributed by atoms with Crippen molar-refractivity contribution in [3.8, 4) is 11.4 Å². The molecule has 172 valence electrons. The van der Waals surface area contributed by atoms with E-state index in [1.54, 1.807) is 11.2 Å². The summed E-state index contributed by atoms with van der Waals surface area (Å²) < 4.78 is 9.47. The maximum atomic E-state index is 12.5. The number of anilines is 1. The third-order valence-corrected chi connectivity index (χ3v) is 5.71. The summed E-state index contributed by atoms with van der Waals surface area (Å²) in [6.45, 7) is 11.8. The molecule has 0 spiro atoms. The van der Waals surface area contributed by atoms with Crippen LogP contribution >= 0.6 is 0 Å². The first kappa shape index (κ1) is 22.0. The molecule has 1 unspecified atom stereocenters. The molecule has 1 aliphatic heterocycles. The molecule has 1 N–H and O–H groups in total. The molecule has 1 saturated heterocycles. The number of carbonyl (C=O) groups is 1. The normalized spacial score (nSPS) is 17.1. The van der Waals surface area contributed by atoms with Gasteiger partial charge in [0.25, 0.3) is 0 Å². The molecule has 0 saturated carbocycles. The van der Waals surface area contributed by atoms with Crippen molar-refractivity contribution < 1.29 is 9.53 Å².